The number of nitrogens with zero attached hydrogens (tertiary/aromatic N) is 2. The van der Waals surface area contributed by atoms with Crippen LogP contribution in [0, 0.1) is 12.8 Å². The molecule has 1 saturated heterocycles. The highest BCUT2D eigenvalue weighted by atomic mass is 79.9. The molecule has 4 heteroatoms. The summed E-state index contributed by atoms with van der Waals surface area (Å²) < 4.78 is 3.18. The number of hydrogen-bond acceptors (Lipinski definition) is 2. The van der Waals surface area contributed by atoms with E-state index in [0.717, 1.165) is 17.1 Å². The lowest BCUT2D eigenvalue weighted by Crippen LogP contribution is -2.11. The molecule has 1 aliphatic heterocycles. The molecule has 3 nitrogen and oxygen atoms in total. The number of hydrogen-bond donors (Lipinski definition) is 1. The molecule has 1 fully saturated rings. The zero-order valence-corrected chi connectivity index (χ0v) is 10.0. The lowest BCUT2D eigenvalue weighted by Gasteiger charge is -2.08. The van der Waals surface area contributed by atoms with Crippen LogP contribution < -0.4 is 5.32 Å². The average molecular weight is 258 g/mol. The van der Waals surface area contributed by atoms with Gasteiger partial charge in [0.05, 0.1) is 6.20 Å². The fraction of sp³-hybridized carbons (Fsp3) is 0.700. The van der Waals surface area contributed by atoms with Crippen molar-refractivity contribution in [2.45, 2.75) is 26.3 Å². The van der Waals surface area contributed by atoms with Gasteiger partial charge >= 0.3 is 0 Å². The van der Waals surface area contributed by atoms with E-state index in [1.807, 2.05) is 10.9 Å². The minimum Gasteiger partial charge on any atom is -0.316 e. The molecule has 2 rings (SSSR count). The molecule has 0 aliphatic carbocycles. The summed E-state index contributed by atoms with van der Waals surface area (Å²) in [5.74, 6) is 0.839. The first-order valence-electron chi connectivity index (χ1n) is 5.16. The highest BCUT2D eigenvalue weighted by Gasteiger charge is 2.14. The summed E-state index contributed by atoms with van der Waals surface area (Å²) in [4.78, 5) is 0. The Kier molecular flexibility index (Phi) is 3.23. The number of aromatic nitrogens is 2. The molecule has 0 amide bonds. The van der Waals surface area contributed by atoms with Gasteiger partial charge in [0.2, 0.25) is 0 Å². The molecule has 0 aromatic carbocycles. The van der Waals surface area contributed by atoms with Gasteiger partial charge in [-0.05, 0) is 54.7 Å². The van der Waals surface area contributed by atoms with Crippen LogP contribution in [0.2, 0.25) is 0 Å². The summed E-state index contributed by atoms with van der Waals surface area (Å²) in [6, 6.07) is 0. The minimum absolute atomic E-state index is 0.839. The SMILES string of the molecule is Cc1cnn(CCC2CCNC2)c1Br. The Morgan fingerprint density at radius 3 is 3.14 bits per heavy atom. The largest absolute Gasteiger partial charge is 0.316 e. The predicted octanol–water partition coefficient (Wildman–Crippen LogP) is 1.95. The van der Waals surface area contributed by atoms with Crippen molar-refractivity contribution < 1.29 is 0 Å². The molecule has 2 heterocycles. The second-order valence-corrected chi connectivity index (χ2v) is 4.74. The standard InChI is InChI=1S/C10H16BrN3/c1-8-6-13-14(10(8)11)5-3-9-2-4-12-7-9/h6,9,12H,2-5,7H2,1H3. The van der Waals surface area contributed by atoms with Gasteiger partial charge in [0.1, 0.15) is 4.60 Å². The zero-order valence-electron chi connectivity index (χ0n) is 8.46. The average Bonchev–Trinajstić information content (AvgIpc) is 2.77. The van der Waals surface area contributed by atoms with E-state index in [4.69, 9.17) is 0 Å². The van der Waals surface area contributed by atoms with E-state index in [1.165, 1.54) is 31.5 Å². The quantitative estimate of drug-likeness (QED) is 0.898. The van der Waals surface area contributed by atoms with Gasteiger partial charge in [-0.3, -0.25) is 4.68 Å². The molecule has 0 bridgehead atoms. The van der Waals surface area contributed by atoms with Crippen molar-refractivity contribution in [3.63, 3.8) is 0 Å². The number of halogens is 1. The molecule has 0 radical (unpaired) electrons. The molecule has 78 valence electrons. The van der Waals surface area contributed by atoms with Crippen LogP contribution in [0.15, 0.2) is 10.8 Å². The third-order valence-corrected chi connectivity index (χ3v) is 3.89. The summed E-state index contributed by atoms with van der Waals surface area (Å²) in [5.41, 5.74) is 1.22. The van der Waals surface area contributed by atoms with E-state index in [9.17, 15) is 0 Å². The van der Waals surface area contributed by atoms with Crippen LogP contribution in [-0.4, -0.2) is 22.9 Å². The summed E-state index contributed by atoms with van der Waals surface area (Å²) in [7, 11) is 0. The smallest absolute Gasteiger partial charge is 0.106 e. The Morgan fingerprint density at radius 1 is 1.71 bits per heavy atom. The van der Waals surface area contributed by atoms with Gasteiger partial charge in [0.15, 0.2) is 0 Å². The van der Waals surface area contributed by atoms with E-state index < -0.39 is 0 Å². The number of nitrogens with one attached hydrogen (secondary N) is 1. The van der Waals surface area contributed by atoms with Crippen LogP contribution in [-0.2, 0) is 6.54 Å². The van der Waals surface area contributed by atoms with Gasteiger partial charge in [-0.1, -0.05) is 0 Å². The molecular formula is C10H16BrN3. The molecule has 0 saturated carbocycles. The molecule has 1 atom stereocenters. The summed E-state index contributed by atoms with van der Waals surface area (Å²) in [6.45, 7) is 5.47. The van der Waals surface area contributed by atoms with E-state index in [-0.39, 0.29) is 0 Å². The van der Waals surface area contributed by atoms with E-state index in [2.05, 4.69) is 33.3 Å². The van der Waals surface area contributed by atoms with Crippen LogP contribution in [0.4, 0.5) is 0 Å². The first kappa shape index (κ1) is 10.2. The third kappa shape index (κ3) is 2.17. The second kappa shape index (κ2) is 4.45. The first-order valence-corrected chi connectivity index (χ1v) is 5.95. The van der Waals surface area contributed by atoms with E-state index in [1.54, 1.807) is 0 Å². The number of aryl methyl sites for hydroxylation is 2. The van der Waals surface area contributed by atoms with Crippen LogP contribution in [0.25, 0.3) is 0 Å². The highest BCUT2D eigenvalue weighted by molar-refractivity contribution is 9.10. The van der Waals surface area contributed by atoms with Gasteiger partial charge < -0.3 is 5.32 Å². The first-order chi connectivity index (χ1) is 6.77. The summed E-state index contributed by atoms with van der Waals surface area (Å²) >= 11 is 3.54. The maximum Gasteiger partial charge on any atom is 0.106 e. The molecule has 1 N–H and O–H groups in total. The van der Waals surface area contributed by atoms with Gasteiger partial charge in [-0.15, -0.1) is 0 Å². The lowest BCUT2D eigenvalue weighted by atomic mass is 10.1. The molecule has 1 unspecified atom stereocenters. The fourth-order valence-electron chi connectivity index (χ4n) is 1.89. The van der Waals surface area contributed by atoms with Gasteiger partial charge in [0.25, 0.3) is 0 Å². The topological polar surface area (TPSA) is 29.9 Å². The van der Waals surface area contributed by atoms with E-state index in [0.29, 0.717) is 0 Å². The second-order valence-electron chi connectivity index (χ2n) is 3.99. The molecule has 0 spiro atoms. The Balaban J connectivity index is 1.88. The summed E-state index contributed by atoms with van der Waals surface area (Å²) in [5, 5.41) is 7.71. The van der Waals surface area contributed by atoms with Crippen molar-refractivity contribution in [3.8, 4) is 0 Å². The molecule has 1 aliphatic rings. The maximum atomic E-state index is 4.33. The van der Waals surface area contributed by atoms with Crippen molar-refractivity contribution in [2.24, 2.45) is 5.92 Å². The zero-order chi connectivity index (χ0) is 9.97. The number of rotatable bonds is 3. The van der Waals surface area contributed by atoms with Gasteiger partial charge in [-0.2, -0.15) is 5.10 Å². The fourth-order valence-corrected chi connectivity index (χ4v) is 2.26. The van der Waals surface area contributed by atoms with Gasteiger partial charge in [0, 0.05) is 12.1 Å². The molecule has 1 aromatic heterocycles. The maximum absolute atomic E-state index is 4.33. The Labute approximate surface area is 93.0 Å². The predicted molar refractivity (Wildman–Crippen MR) is 60.3 cm³/mol. The van der Waals surface area contributed by atoms with Crippen molar-refractivity contribution in [2.75, 3.05) is 13.1 Å². The lowest BCUT2D eigenvalue weighted by molar-refractivity contribution is 0.454. The van der Waals surface area contributed by atoms with Crippen molar-refractivity contribution in [1.29, 1.82) is 0 Å². The third-order valence-electron chi connectivity index (χ3n) is 2.85. The van der Waals surface area contributed by atoms with Gasteiger partial charge in [-0.25, -0.2) is 0 Å². The Morgan fingerprint density at radius 2 is 2.57 bits per heavy atom. The van der Waals surface area contributed by atoms with Crippen LogP contribution in [0.3, 0.4) is 0 Å². The Bertz CT molecular complexity index is 302. The summed E-state index contributed by atoms with van der Waals surface area (Å²) in [6.07, 6.45) is 4.46. The van der Waals surface area contributed by atoms with Crippen molar-refractivity contribution >= 4 is 15.9 Å². The normalized spacial score (nSPS) is 21.7. The monoisotopic (exact) mass is 257 g/mol. The van der Waals surface area contributed by atoms with E-state index >= 15 is 0 Å². The van der Waals surface area contributed by atoms with Crippen molar-refractivity contribution in [1.82, 2.24) is 15.1 Å². The minimum atomic E-state index is 0.839. The van der Waals surface area contributed by atoms with Crippen LogP contribution in [0.1, 0.15) is 18.4 Å². The molecule has 14 heavy (non-hydrogen) atoms. The van der Waals surface area contributed by atoms with Crippen molar-refractivity contribution in [3.05, 3.63) is 16.4 Å². The molecular weight excluding hydrogens is 242 g/mol. The van der Waals surface area contributed by atoms with Crippen LogP contribution >= 0.6 is 15.9 Å². The molecule has 1 aromatic rings. The highest BCUT2D eigenvalue weighted by Crippen LogP contribution is 2.18. The Hall–Kier alpha value is -0.350. The van der Waals surface area contributed by atoms with Crippen LogP contribution in [0.5, 0.6) is 0 Å².